The van der Waals surface area contributed by atoms with Crippen molar-refractivity contribution >= 4 is 0 Å². The minimum absolute atomic E-state index is 0.232. The topological polar surface area (TPSA) is 29.3 Å². The van der Waals surface area contributed by atoms with Crippen LogP contribution in [0.5, 0.6) is 0 Å². The van der Waals surface area contributed by atoms with E-state index in [1.54, 1.807) is 0 Å². The van der Waals surface area contributed by atoms with Gasteiger partial charge in [0, 0.05) is 13.1 Å². The molecule has 0 amide bonds. The maximum absolute atomic E-state index is 5.64. The molecule has 0 heterocycles. The first-order valence-corrected chi connectivity index (χ1v) is 4.51. The molecule has 0 saturated heterocycles. The van der Waals surface area contributed by atoms with Gasteiger partial charge in [0.1, 0.15) is 0 Å². The zero-order valence-corrected chi connectivity index (χ0v) is 8.80. The number of nitrogens with zero attached hydrogens (tertiary/aromatic N) is 1. The normalized spacial score (nSPS) is 13.2. The van der Waals surface area contributed by atoms with Crippen molar-refractivity contribution in [3.05, 3.63) is 12.2 Å². The third-order valence-electron chi connectivity index (χ3n) is 1.90. The highest BCUT2D eigenvalue weighted by atomic mass is 15.1. The van der Waals surface area contributed by atoms with E-state index in [9.17, 15) is 0 Å². The van der Waals surface area contributed by atoms with Crippen molar-refractivity contribution in [2.45, 2.75) is 20.8 Å². The summed E-state index contributed by atoms with van der Waals surface area (Å²) < 4.78 is 0. The Morgan fingerprint density at radius 1 is 1.42 bits per heavy atom. The van der Waals surface area contributed by atoms with Crippen LogP contribution in [0, 0.1) is 5.41 Å². The first-order valence-electron chi connectivity index (χ1n) is 4.51. The van der Waals surface area contributed by atoms with Crippen LogP contribution in [0.3, 0.4) is 0 Å². The number of nitrogens with two attached hydrogens (primary N) is 1. The van der Waals surface area contributed by atoms with Crippen molar-refractivity contribution < 1.29 is 0 Å². The average molecular weight is 170 g/mol. The maximum Gasteiger partial charge on any atom is 0.0160 e. The number of allylic oxidation sites excluding steroid dienone is 1. The van der Waals surface area contributed by atoms with Crippen molar-refractivity contribution in [2.24, 2.45) is 11.1 Å². The summed E-state index contributed by atoms with van der Waals surface area (Å²) in [5.41, 5.74) is 5.87. The van der Waals surface area contributed by atoms with Crippen LogP contribution in [0.15, 0.2) is 12.2 Å². The molecule has 0 aromatic heterocycles. The van der Waals surface area contributed by atoms with E-state index in [2.05, 4.69) is 37.9 Å². The molecule has 0 aromatic rings. The smallest absolute Gasteiger partial charge is 0.0160 e. The van der Waals surface area contributed by atoms with Crippen molar-refractivity contribution in [3.63, 3.8) is 0 Å². The summed E-state index contributed by atoms with van der Waals surface area (Å²) in [6.45, 7) is 9.24. The maximum atomic E-state index is 5.64. The molecule has 0 spiro atoms. The second-order valence-corrected chi connectivity index (χ2v) is 4.13. The Balaban J connectivity index is 3.75. The molecular formula is C10H22N2. The van der Waals surface area contributed by atoms with Gasteiger partial charge in [0.15, 0.2) is 0 Å². The standard InChI is InChI=1S/C10H22N2/c1-5-6-7-12(4)9-10(2,3)8-11/h5-6H,7-9,11H2,1-4H3. The molecular weight excluding hydrogens is 148 g/mol. The number of hydrogen-bond acceptors (Lipinski definition) is 2. The van der Waals surface area contributed by atoms with Crippen LogP contribution >= 0.6 is 0 Å². The Bertz CT molecular complexity index is 139. The molecule has 0 aliphatic carbocycles. The van der Waals surface area contributed by atoms with Gasteiger partial charge in [0.05, 0.1) is 0 Å². The van der Waals surface area contributed by atoms with E-state index in [0.29, 0.717) is 0 Å². The molecule has 0 rings (SSSR count). The predicted molar refractivity (Wildman–Crippen MR) is 55.1 cm³/mol. The Hall–Kier alpha value is -0.340. The van der Waals surface area contributed by atoms with Crippen LogP contribution in [-0.2, 0) is 0 Å². The van der Waals surface area contributed by atoms with Gasteiger partial charge in [-0.2, -0.15) is 0 Å². The molecule has 72 valence electrons. The largest absolute Gasteiger partial charge is 0.330 e. The third-order valence-corrected chi connectivity index (χ3v) is 1.90. The van der Waals surface area contributed by atoms with Gasteiger partial charge < -0.3 is 10.6 Å². The van der Waals surface area contributed by atoms with E-state index in [0.717, 1.165) is 19.6 Å². The summed E-state index contributed by atoms with van der Waals surface area (Å²) in [5, 5.41) is 0. The molecule has 0 radical (unpaired) electrons. The number of rotatable bonds is 5. The van der Waals surface area contributed by atoms with Crippen molar-refractivity contribution in [2.75, 3.05) is 26.7 Å². The molecule has 0 saturated carbocycles. The number of likely N-dealkylation sites (N-methyl/N-ethyl adjacent to an activating group) is 1. The lowest BCUT2D eigenvalue weighted by Crippen LogP contribution is -2.36. The van der Waals surface area contributed by atoms with Crippen LogP contribution < -0.4 is 5.73 Å². The highest BCUT2D eigenvalue weighted by molar-refractivity contribution is 4.82. The second kappa shape index (κ2) is 5.33. The van der Waals surface area contributed by atoms with Crippen LogP contribution in [0.25, 0.3) is 0 Å². The summed E-state index contributed by atoms with van der Waals surface area (Å²) in [4.78, 5) is 2.28. The molecule has 0 unspecified atom stereocenters. The van der Waals surface area contributed by atoms with E-state index < -0.39 is 0 Å². The minimum Gasteiger partial charge on any atom is -0.330 e. The molecule has 0 atom stereocenters. The minimum atomic E-state index is 0.232. The van der Waals surface area contributed by atoms with Crippen molar-refractivity contribution in [1.82, 2.24) is 4.90 Å². The summed E-state index contributed by atoms with van der Waals surface area (Å²) >= 11 is 0. The zero-order valence-electron chi connectivity index (χ0n) is 8.80. The summed E-state index contributed by atoms with van der Waals surface area (Å²) in [6.07, 6.45) is 4.23. The highest BCUT2D eigenvalue weighted by Crippen LogP contribution is 2.13. The molecule has 0 aliphatic rings. The van der Waals surface area contributed by atoms with Gasteiger partial charge in [-0.05, 0) is 25.9 Å². The highest BCUT2D eigenvalue weighted by Gasteiger charge is 2.16. The Morgan fingerprint density at radius 3 is 2.42 bits per heavy atom. The van der Waals surface area contributed by atoms with Crippen molar-refractivity contribution in [3.8, 4) is 0 Å². The fraction of sp³-hybridized carbons (Fsp3) is 0.800. The van der Waals surface area contributed by atoms with Gasteiger partial charge in [-0.3, -0.25) is 0 Å². The third kappa shape index (κ3) is 5.33. The fourth-order valence-electron chi connectivity index (χ4n) is 1.15. The molecule has 0 aliphatic heterocycles. The van der Waals surface area contributed by atoms with E-state index in [-0.39, 0.29) is 5.41 Å². The van der Waals surface area contributed by atoms with Gasteiger partial charge in [-0.25, -0.2) is 0 Å². The summed E-state index contributed by atoms with van der Waals surface area (Å²) in [6, 6.07) is 0. The molecule has 2 heteroatoms. The Kier molecular flexibility index (Phi) is 5.18. The van der Waals surface area contributed by atoms with Gasteiger partial charge in [-0.1, -0.05) is 26.0 Å². The van der Waals surface area contributed by atoms with Crippen LogP contribution in [0.1, 0.15) is 20.8 Å². The van der Waals surface area contributed by atoms with Gasteiger partial charge in [0.25, 0.3) is 0 Å². The lowest BCUT2D eigenvalue weighted by molar-refractivity contribution is 0.231. The van der Waals surface area contributed by atoms with Gasteiger partial charge >= 0.3 is 0 Å². The first kappa shape index (κ1) is 11.7. The molecule has 0 fully saturated rings. The van der Waals surface area contributed by atoms with Crippen LogP contribution in [0.2, 0.25) is 0 Å². The quantitative estimate of drug-likeness (QED) is 0.633. The van der Waals surface area contributed by atoms with Gasteiger partial charge in [-0.15, -0.1) is 0 Å². The van der Waals surface area contributed by atoms with E-state index in [1.165, 1.54) is 0 Å². The molecule has 0 aromatic carbocycles. The monoisotopic (exact) mass is 170 g/mol. The van der Waals surface area contributed by atoms with Crippen LogP contribution in [0.4, 0.5) is 0 Å². The summed E-state index contributed by atoms with van der Waals surface area (Å²) in [7, 11) is 2.12. The number of hydrogen-bond donors (Lipinski definition) is 1. The first-order chi connectivity index (χ1) is 5.52. The summed E-state index contributed by atoms with van der Waals surface area (Å²) in [5.74, 6) is 0. The van der Waals surface area contributed by atoms with E-state index in [4.69, 9.17) is 5.73 Å². The Morgan fingerprint density at radius 2 is 2.00 bits per heavy atom. The average Bonchev–Trinajstić information content (AvgIpc) is 2.00. The second-order valence-electron chi connectivity index (χ2n) is 4.13. The van der Waals surface area contributed by atoms with Crippen LogP contribution in [-0.4, -0.2) is 31.6 Å². The zero-order chi connectivity index (χ0) is 9.61. The van der Waals surface area contributed by atoms with E-state index in [1.807, 2.05) is 6.92 Å². The molecule has 2 nitrogen and oxygen atoms in total. The molecule has 0 bridgehead atoms. The molecule has 12 heavy (non-hydrogen) atoms. The predicted octanol–water partition coefficient (Wildman–Crippen LogP) is 1.48. The lowest BCUT2D eigenvalue weighted by atomic mass is 9.93. The SMILES string of the molecule is CC=CCN(C)CC(C)(C)CN. The molecule has 2 N–H and O–H groups in total. The van der Waals surface area contributed by atoms with Gasteiger partial charge in [0.2, 0.25) is 0 Å². The fourth-order valence-corrected chi connectivity index (χ4v) is 1.15. The Labute approximate surface area is 76.4 Å². The van der Waals surface area contributed by atoms with E-state index >= 15 is 0 Å². The lowest BCUT2D eigenvalue weighted by Gasteiger charge is -2.28. The van der Waals surface area contributed by atoms with Crippen molar-refractivity contribution in [1.29, 1.82) is 0 Å².